The van der Waals surface area contributed by atoms with Gasteiger partial charge in [0.05, 0.1) is 7.11 Å². The van der Waals surface area contributed by atoms with Crippen molar-refractivity contribution in [3.63, 3.8) is 0 Å². The predicted molar refractivity (Wildman–Crippen MR) is 83.5 cm³/mol. The Morgan fingerprint density at radius 2 is 1.86 bits per heavy atom. The second kappa shape index (κ2) is 6.66. The average molecular weight is 346 g/mol. The molecule has 0 aliphatic carbocycles. The highest BCUT2D eigenvalue weighted by atomic mass is 35.5. The van der Waals surface area contributed by atoms with Crippen molar-refractivity contribution in [2.75, 3.05) is 7.11 Å². The molecule has 0 bridgehead atoms. The maximum atomic E-state index is 12.4. The number of nitrogens with one attached hydrogen (secondary N) is 1. The highest BCUT2D eigenvalue weighted by Gasteiger charge is 2.20. The van der Waals surface area contributed by atoms with E-state index in [0.717, 1.165) is 0 Å². The Morgan fingerprint density at radius 3 is 2.52 bits per heavy atom. The van der Waals surface area contributed by atoms with Crippen molar-refractivity contribution in [3.8, 4) is 5.75 Å². The van der Waals surface area contributed by atoms with Crippen molar-refractivity contribution in [2.45, 2.75) is 11.4 Å². The normalized spacial score (nSPS) is 11.4. The quantitative estimate of drug-likeness (QED) is 0.902. The van der Waals surface area contributed by atoms with Crippen molar-refractivity contribution in [1.29, 1.82) is 0 Å². The van der Waals surface area contributed by atoms with Gasteiger partial charge < -0.3 is 4.74 Å². The van der Waals surface area contributed by atoms with Gasteiger partial charge in [-0.15, -0.1) is 0 Å². The first kappa shape index (κ1) is 16.1. The van der Waals surface area contributed by atoms with E-state index < -0.39 is 10.0 Å². The zero-order valence-electron chi connectivity index (χ0n) is 11.1. The van der Waals surface area contributed by atoms with Gasteiger partial charge in [-0.25, -0.2) is 13.1 Å². The minimum absolute atomic E-state index is 0.00967. The van der Waals surface area contributed by atoms with Gasteiger partial charge >= 0.3 is 0 Å². The second-order valence-corrected chi connectivity index (χ2v) is 6.79. The number of ether oxygens (including phenoxy) is 1. The topological polar surface area (TPSA) is 55.4 Å². The fourth-order valence-corrected chi connectivity index (χ4v) is 3.39. The zero-order chi connectivity index (χ0) is 15.5. The molecule has 0 saturated carbocycles. The van der Waals surface area contributed by atoms with Crippen molar-refractivity contribution in [2.24, 2.45) is 0 Å². The number of sulfonamides is 1. The molecule has 112 valence electrons. The minimum atomic E-state index is -3.76. The summed E-state index contributed by atoms with van der Waals surface area (Å²) in [5.74, 6) is 0.228. The molecule has 0 aliphatic rings. The third kappa shape index (κ3) is 3.89. The fraction of sp³-hybridized carbons (Fsp3) is 0.143. The van der Waals surface area contributed by atoms with Gasteiger partial charge in [0.15, 0.2) is 0 Å². The lowest BCUT2D eigenvalue weighted by Gasteiger charge is -2.11. The van der Waals surface area contributed by atoms with Crippen LogP contribution in [0.25, 0.3) is 0 Å². The van der Waals surface area contributed by atoms with Crippen LogP contribution in [0.4, 0.5) is 0 Å². The number of hydrogen-bond acceptors (Lipinski definition) is 3. The Kier molecular flexibility index (Phi) is 5.11. The third-order valence-corrected chi connectivity index (χ3v) is 4.85. The van der Waals surface area contributed by atoms with Crippen LogP contribution in [0, 0.1) is 0 Å². The van der Waals surface area contributed by atoms with E-state index in [1.165, 1.54) is 19.2 Å². The zero-order valence-corrected chi connectivity index (χ0v) is 13.5. The number of hydrogen-bond donors (Lipinski definition) is 1. The van der Waals surface area contributed by atoms with Gasteiger partial charge in [-0.1, -0.05) is 41.4 Å². The summed E-state index contributed by atoms with van der Waals surface area (Å²) in [6.45, 7) is 0.0810. The van der Waals surface area contributed by atoms with Crippen LogP contribution in [0.1, 0.15) is 5.56 Å². The lowest BCUT2D eigenvalue weighted by atomic mass is 10.2. The van der Waals surface area contributed by atoms with Gasteiger partial charge in [0.1, 0.15) is 10.6 Å². The van der Waals surface area contributed by atoms with E-state index in [0.29, 0.717) is 15.6 Å². The van der Waals surface area contributed by atoms with E-state index in [1.54, 1.807) is 30.3 Å². The Balaban J connectivity index is 2.27. The van der Waals surface area contributed by atoms with E-state index in [-0.39, 0.29) is 17.2 Å². The van der Waals surface area contributed by atoms with E-state index in [2.05, 4.69) is 4.72 Å². The van der Waals surface area contributed by atoms with Crippen LogP contribution in [-0.2, 0) is 16.6 Å². The first-order valence-electron chi connectivity index (χ1n) is 6.00. The van der Waals surface area contributed by atoms with Gasteiger partial charge in [-0.05, 0) is 29.8 Å². The molecule has 0 unspecified atom stereocenters. The molecule has 0 aromatic heterocycles. The Labute approximate surface area is 133 Å². The molecule has 0 heterocycles. The SMILES string of the molecule is COc1ccc(Cl)cc1S(=O)(=O)NCc1ccccc1Cl. The summed E-state index contributed by atoms with van der Waals surface area (Å²) in [6, 6.07) is 11.4. The molecular weight excluding hydrogens is 333 g/mol. The molecule has 2 aromatic rings. The highest BCUT2D eigenvalue weighted by molar-refractivity contribution is 7.89. The van der Waals surface area contributed by atoms with Crippen LogP contribution < -0.4 is 9.46 Å². The van der Waals surface area contributed by atoms with E-state index in [1.807, 2.05) is 0 Å². The monoisotopic (exact) mass is 345 g/mol. The number of benzene rings is 2. The summed E-state index contributed by atoms with van der Waals surface area (Å²) >= 11 is 11.9. The molecule has 4 nitrogen and oxygen atoms in total. The lowest BCUT2D eigenvalue weighted by Crippen LogP contribution is -2.24. The molecule has 0 radical (unpaired) electrons. The largest absolute Gasteiger partial charge is 0.495 e. The average Bonchev–Trinajstić information content (AvgIpc) is 2.46. The summed E-state index contributed by atoms with van der Waals surface area (Å²) in [5, 5.41) is 0.812. The molecule has 2 rings (SSSR count). The molecule has 21 heavy (non-hydrogen) atoms. The van der Waals surface area contributed by atoms with Crippen LogP contribution in [0.15, 0.2) is 47.4 Å². The van der Waals surface area contributed by atoms with Gasteiger partial charge in [0, 0.05) is 16.6 Å². The molecule has 0 aliphatic heterocycles. The van der Waals surface area contributed by atoms with E-state index in [4.69, 9.17) is 27.9 Å². The molecule has 2 aromatic carbocycles. The molecule has 0 spiro atoms. The number of methoxy groups -OCH3 is 1. The third-order valence-electron chi connectivity index (χ3n) is 2.83. The Bertz CT molecular complexity index is 748. The van der Waals surface area contributed by atoms with Crippen LogP contribution in [0.3, 0.4) is 0 Å². The standard InChI is InChI=1S/C14H13Cl2NO3S/c1-20-13-7-6-11(15)8-14(13)21(18,19)17-9-10-4-2-3-5-12(10)16/h2-8,17H,9H2,1H3. The molecule has 1 N–H and O–H groups in total. The molecule has 0 fully saturated rings. The van der Waals surface area contributed by atoms with Gasteiger partial charge in [-0.3, -0.25) is 0 Å². The van der Waals surface area contributed by atoms with Gasteiger partial charge in [0.2, 0.25) is 10.0 Å². The smallest absolute Gasteiger partial charge is 0.244 e. The predicted octanol–water partition coefficient (Wildman–Crippen LogP) is 3.48. The first-order valence-corrected chi connectivity index (χ1v) is 8.24. The Morgan fingerprint density at radius 1 is 1.14 bits per heavy atom. The molecular formula is C14H13Cl2NO3S. The summed E-state index contributed by atoms with van der Waals surface area (Å²) < 4.78 is 32.3. The summed E-state index contributed by atoms with van der Waals surface area (Å²) in [6.07, 6.45) is 0. The number of halogens is 2. The maximum Gasteiger partial charge on any atom is 0.244 e. The van der Waals surface area contributed by atoms with Crippen molar-refractivity contribution < 1.29 is 13.2 Å². The molecule has 7 heteroatoms. The summed E-state index contributed by atoms with van der Waals surface area (Å²) in [7, 11) is -2.36. The van der Waals surface area contributed by atoms with Crippen LogP contribution in [0.2, 0.25) is 10.0 Å². The molecule has 0 atom stereocenters. The van der Waals surface area contributed by atoms with Crippen molar-refractivity contribution in [1.82, 2.24) is 4.72 Å². The minimum Gasteiger partial charge on any atom is -0.495 e. The van der Waals surface area contributed by atoms with E-state index >= 15 is 0 Å². The maximum absolute atomic E-state index is 12.4. The summed E-state index contributed by atoms with van der Waals surface area (Å²) in [5.41, 5.74) is 0.684. The van der Waals surface area contributed by atoms with Gasteiger partial charge in [-0.2, -0.15) is 0 Å². The number of rotatable bonds is 5. The first-order chi connectivity index (χ1) is 9.94. The highest BCUT2D eigenvalue weighted by Crippen LogP contribution is 2.27. The van der Waals surface area contributed by atoms with Crippen molar-refractivity contribution >= 4 is 33.2 Å². The molecule has 0 amide bonds. The van der Waals surface area contributed by atoms with Crippen LogP contribution >= 0.6 is 23.2 Å². The molecule has 0 saturated heterocycles. The van der Waals surface area contributed by atoms with E-state index in [9.17, 15) is 8.42 Å². The second-order valence-electron chi connectivity index (χ2n) is 4.21. The lowest BCUT2D eigenvalue weighted by molar-refractivity contribution is 0.402. The Hall–Kier alpha value is -1.27. The van der Waals surface area contributed by atoms with Gasteiger partial charge in [0.25, 0.3) is 0 Å². The fourth-order valence-electron chi connectivity index (χ4n) is 1.75. The van der Waals surface area contributed by atoms with Crippen LogP contribution in [0.5, 0.6) is 5.75 Å². The summed E-state index contributed by atoms with van der Waals surface area (Å²) in [4.78, 5) is -0.00967. The van der Waals surface area contributed by atoms with Crippen LogP contribution in [-0.4, -0.2) is 15.5 Å². The van der Waals surface area contributed by atoms with Crippen molar-refractivity contribution in [3.05, 3.63) is 58.1 Å².